The Labute approximate surface area is 176 Å². The molecule has 9 heteroatoms. The summed E-state index contributed by atoms with van der Waals surface area (Å²) in [6.45, 7) is -0.745. The number of alkyl halides is 2. The number of aromatic amines is 1. The molecule has 1 aromatic carbocycles. The van der Waals surface area contributed by atoms with Gasteiger partial charge in [0.25, 0.3) is 6.43 Å². The average Bonchev–Trinajstić information content (AvgIpc) is 3.10. The Balaban J connectivity index is 1.99. The third kappa shape index (κ3) is 4.68. The van der Waals surface area contributed by atoms with E-state index in [2.05, 4.69) is 15.3 Å². The molecule has 2 heterocycles. The van der Waals surface area contributed by atoms with Crippen LogP contribution in [0.3, 0.4) is 0 Å². The summed E-state index contributed by atoms with van der Waals surface area (Å²) in [5, 5.41) is 11.9. The minimum atomic E-state index is -2.60. The van der Waals surface area contributed by atoms with Gasteiger partial charge in [0.15, 0.2) is 0 Å². The number of allylic oxidation sites excluding steroid dienone is 1. The molecule has 0 aliphatic rings. The normalized spacial score (nSPS) is 11.9. The molecule has 152 valence electrons. The van der Waals surface area contributed by atoms with Crippen molar-refractivity contribution in [1.82, 2.24) is 15.3 Å². The Bertz CT molecular complexity index is 1070. The molecular weight excluding hydrogens is 421 g/mol. The molecule has 0 unspecified atom stereocenters. The van der Waals surface area contributed by atoms with Crippen molar-refractivity contribution in [1.29, 1.82) is 5.41 Å². The predicted octanol–water partition coefficient (Wildman–Crippen LogP) is 5.31. The second kappa shape index (κ2) is 9.24. The van der Waals surface area contributed by atoms with Gasteiger partial charge in [-0.05, 0) is 29.3 Å². The number of H-pyrrole nitrogens is 1. The van der Waals surface area contributed by atoms with Crippen LogP contribution in [0.4, 0.5) is 8.78 Å². The minimum Gasteiger partial charge on any atom is -0.486 e. The maximum Gasteiger partial charge on any atom is 0.272 e. The number of rotatable bonds is 8. The van der Waals surface area contributed by atoms with Crippen LogP contribution in [0.2, 0.25) is 10.0 Å². The number of nitrogens with zero attached hydrogens (tertiary/aromatic N) is 1. The highest BCUT2D eigenvalue weighted by molar-refractivity contribution is 6.37. The molecule has 3 aromatic rings. The first-order valence-electron chi connectivity index (χ1n) is 8.66. The number of hydrogen-bond donors (Lipinski definition) is 3. The summed E-state index contributed by atoms with van der Waals surface area (Å²) in [7, 11) is 1.75. The lowest BCUT2D eigenvalue weighted by Gasteiger charge is -2.13. The molecule has 2 aromatic heterocycles. The summed E-state index contributed by atoms with van der Waals surface area (Å²) in [6, 6.07) is 4.97. The predicted molar refractivity (Wildman–Crippen MR) is 113 cm³/mol. The van der Waals surface area contributed by atoms with Gasteiger partial charge in [-0.1, -0.05) is 23.2 Å². The summed E-state index contributed by atoms with van der Waals surface area (Å²) in [5.74, 6) is 0.160. The van der Waals surface area contributed by atoms with E-state index in [0.717, 1.165) is 16.5 Å². The van der Waals surface area contributed by atoms with Gasteiger partial charge in [0.05, 0.1) is 5.02 Å². The summed E-state index contributed by atoms with van der Waals surface area (Å²) in [6.07, 6.45) is 4.17. The van der Waals surface area contributed by atoms with Gasteiger partial charge < -0.3 is 20.4 Å². The highest BCUT2D eigenvalue weighted by Gasteiger charge is 2.16. The second-order valence-electron chi connectivity index (χ2n) is 6.18. The fourth-order valence-electron chi connectivity index (χ4n) is 2.92. The van der Waals surface area contributed by atoms with E-state index in [0.29, 0.717) is 28.2 Å². The van der Waals surface area contributed by atoms with Crippen LogP contribution in [0.1, 0.15) is 16.7 Å². The topological polar surface area (TPSA) is 73.8 Å². The van der Waals surface area contributed by atoms with Crippen molar-refractivity contribution in [2.45, 2.75) is 12.8 Å². The zero-order valence-electron chi connectivity index (χ0n) is 15.4. The lowest BCUT2D eigenvalue weighted by molar-refractivity contribution is 0.0819. The van der Waals surface area contributed by atoms with Crippen LogP contribution >= 0.6 is 23.2 Å². The summed E-state index contributed by atoms with van der Waals surface area (Å²) in [4.78, 5) is 7.50. The van der Waals surface area contributed by atoms with Gasteiger partial charge in [0, 0.05) is 59.8 Å². The Morgan fingerprint density at radius 2 is 2.17 bits per heavy atom. The number of ether oxygens (including phenoxy) is 1. The van der Waals surface area contributed by atoms with Gasteiger partial charge in [0.1, 0.15) is 18.0 Å². The number of benzene rings is 1. The van der Waals surface area contributed by atoms with Crippen molar-refractivity contribution in [2.75, 3.05) is 13.7 Å². The van der Waals surface area contributed by atoms with E-state index in [9.17, 15) is 8.78 Å². The van der Waals surface area contributed by atoms with Gasteiger partial charge in [-0.2, -0.15) is 0 Å². The van der Waals surface area contributed by atoms with E-state index in [1.807, 2.05) is 6.07 Å². The van der Waals surface area contributed by atoms with Crippen LogP contribution < -0.4 is 10.1 Å². The quantitative estimate of drug-likeness (QED) is 0.417. The molecule has 0 fully saturated rings. The van der Waals surface area contributed by atoms with Crippen molar-refractivity contribution in [3.63, 3.8) is 0 Å². The smallest absolute Gasteiger partial charge is 0.272 e. The van der Waals surface area contributed by atoms with E-state index in [4.69, 9.17) is 33.3 Å². The zero-order valence-corrected chi connectivity index (χ0v) is 16.9. The summed E-state index contributed by atoms with van der Waals surface area (Å²) < 4.78 is 30.0. The zero-order chi connectivity index (χ0) is 21.0. The molecule has 3 N–H and O–H groups in total. The number of fused-ring (bicyclic) bond motifs is 1. The molecule has 0 amide bonds. The average molecular weight is 439 g/mol. The maximum atomic E-state index is 12.5. The third-order valence-electron chi connectivity index (χ3n) is 4.29. The molecular formula is C20H18Cl2F2N4O. The molecule has 0 spiro atoms. The van der Waals surface area contributed by atoms with E-state index in [-0.39, 0.29) is 10.8 Å². The van der Waals surface area contributed by atoms with E-state index < -0.39 is 13.0 Å². The number of aromatic nitrogens is 2. The van der Waals surface area contributed by atoms with Crippen molar-refractivity contribution < 1.29 is 13.5 Å². The molecule has 0 atom stereocenters. The fraction of sp³-hybridized carbons (Fsp3) is 0.200. The molecule has 0 saturated heterocycles. The minimum absolute atomic E-state index is 0.160. The second-order valence-corrected chi connectivity index (χ2v) is 6.97. The Kier molecular flexibility index (Phi) is 6.71. The molecule has 3 rings (SSSR count). The van der Waals surface area contributed by atoms with Crippen LogP contribution in [0.25, 0.3) is 16.6 Å². The van der Waals surface area contributed by atoms with E-state index in [1.54, 1.807) is 31.7 Å². The first-order chi connectivity index (χ1) is 13.9. The summed E-state index contributed by atoms with van der Waals surface area (Å²) in [5.41, 5.74) is 3.57. The van der Waals surface area contributed by atoms with E-state index in [1.165, 1.54) is 12.3 Å². The molecule has 0 radical (unpaired) electrons. The first-order valence-corrected chi connectivity index (χ1v) is 9.42. The SMILES string of the molecule is CN/C=C(\C=N)c1cnc2[nH]cc(Cc3c(Cl)ccc(OCC(F)F)c3Cl)c2c1. The molecule has 29 heavy (non-hydrogen) atoms. The highest BCUT2D eigenvalue weighted by Crippen LogP contribution is 2.36. The van der Waals surface area contributed by atoms with Gasteiger partial charge in [-0.15, -0.1) is 0 Å². The molecule has 0 bridgehead atoms. The largest absolute Gasteiger partial charge is 0.486 e. The maximum absolute atomic E-state index is 12.5. The Hall–Kier alpha value is -2.64. The molecule has 5 nitrogen and oxygen atoms in total. The lowest BCUT2D eigenvalue weighted by Crippen LogP contribution is -2.07. The van der Waals surface area contributed by atoms with Crippen LogP contribution in [0.15, 0.2) is 36.8 Å². The standard InChI is InChI=1S/C20H18Cl2F2N4O/c1-26-7-13(6-25)11-4-14-12(9-28-20(14)27-8-11)5-15-16(21)2-3-17(19(15)22)29-10-18(23)24/h2-4,6-9,18,25-26H,5,10H2,1H3,(H,27,28)/b13-7+,25-6?. The van der Waals surface area contributed by atoms with Gasteiger partial charge in [0.2, 0.25) is 0 Å². The van der Waals surface area contributed by atoms with Crippen LogP contribution in [0, 0.1) is 5.41 Å². The van der Waals surface area contributed by atoms with Gasteiger partial charge >= 0.3 is 0 Å². The Morgan fingerprint density at radius 3 is 2.86 bits per heavy atom. The lowest BCUT2D eigenvalue weighted by atomic mass is 10.0. The molecule has 0 aliphatic carbocycles. The number of halogens is 4. The van der Waals surface area contributed by atoms with Crippen molar-refractivity contribution in [2.24, 2.45) is 0 Å². The Morgan fingerprint density at radius 1 is 1.38 bits per heavy atom. The van der Waals surface area contributed by atoms with Gasteiger partial charge in [-0.25, -0.2) is 13.8 Å². The van der Waals surface area contributed by atoms with E-state index >= 15 is 0 Å². The van der Waals surface area contributed by atoms with Crippen LogP contribution in [0.5, 0.6) is 5.75 Å². The third-order valence-corrected chi connectivity index (χ3v) is 5.06. The van der Waals surface area contributed by atoms with Crippen molar-refractivity contribution in [3.8, 4) is 5.75 Å². The first kappa shape index (κ1) is 21.1. The molecule has 0 saturated carbocycles. The number of pyridine rings is 1. The fourth-order valence-corrected chi connectivity index (χ4v) is 3.48. The van der Waals surface area contributed by atoms with Crippen molar-refractivity contribution in [3.05, 3.63) is 63.5 Å². The molecule has 0 aliphatic heterocycles. The van der Waals surface area contributed by atoms with Crippen molar-refractivity contribution >= 4 is 46.0 Å². The number of nitrogens with one attached hydrogen (secondary N) is 3. The van der Waals surface area contributed by atoms with Crippen LogP contribution in [-0.4, -0.2) is 36.3 Å². The monoisotopic (exact) mass is 438 g/mol. The van der Waals surface area contributed by atoms with Gasteiger partial charge in [-0.3, -0.25) is 0 Å². The number of hydrogen-bond acceptors (Lipinski definition) is 4. The van der Waals surface area contributed by atoms with Crippen LogP contribution in [-0.2, 0) is 6.42 Å². The summed E-state index contributed by atoms with van der Waals surface area (Å²) >= 11 is 12.7. The highest BCUT2D eigenvalue weighted by atomic mass is 35.5.